The van der Waals surface area contributed by atoms with Crippen LogP contribution in [-0.4, -0.2) is 34.0 Å². The van der Waals surface area contributed by atoms with E-state index < -0.39 is 6.04 Å². The first kappa shape index (κ1) is 21.4. The van der Waals surface area contributed by atoms with E-state index in [1.54, 1.807) is 17.3 Å². The summed E-state index contributed by atoms with van der Waals surface area (Å²) in [5, 5.41) is 12.7. The van der Waals surface area contributed by atoms with Gasteiger partial charge in [-0.05, 0) is 36.8 Å². The molecular formula is C26H24N6O2. The van der Waals surface area contributed by atoms with E-state index in [1.807, 2.05) is 66.8 Å². The van der Waals surface area contributed by atoms with Crippen LogP contribution in [-0.2, 0) is 4.79 Å². The molecule has 0 saturated heterocycles. The van der Waals surface area contributed by atoms with E-state index >= 15 is 0 Å². The molecule has 0 saturated carbocycles. The number of anilines is 1. The number of rotatable bonds is 7. The Morgan fingerprint density at radius 1 is 1.21 bits per heavy atom. The van der Waals surface area contributed by atoms with Crippen LogP contribution in [0.5, 0.6) is 11.8 Å². The van der Waals surface area contributed by atoms with Crippen LogP contribution in [0, 0.1) is 5.41 Å². The van der Waals surface area contributed by atoms with E-state index in [9.17, 15) is 4.79 Å². The number of imidazole rings is 1. The van der Waals surface area contributed by atoms with Crippen LogP contribution in [0.1, 0.15) is 6.42 Å². The smallest absolute Gasteiger partial charge is 0.300 e. The van der Waals surface area contributed by atoms with Crippen molar-refractivity contribution in [1.82, 2.24) is 20.7 Å². The van der Waals surface area contributed by atoms with Crippen LogP contribution in [0.25, 0.3) is 11.0 Å². The maximum absolute atomic E-state index is 12.7. The minimum absolute atomic E-state index is 0.0608. The Kier molecular flexibility index (Phi) is 6.05. The lowest BCUT2D eigenvalue weighted by Crippen LogP contribution is -2.53. The second kappa shape index (κ2) is 9.60. The number of fused-ring (bicyclic) bond motifs is 1. The maximum Gasteiger partial charge on any atom is 0.300 e. The van der Waals surface area contributed by atoms with Gasteiger partial charge in [0.05, 0.1) is 16.7 Å². The van der Waals surface area contributed by atoms with E-state index in [0.29, 0.717) is 17.5 Å². The predicted octanol–water partition coefficient (Wildman–Crippen LogP) is 4.14. The topological polar surface area (TPSA) is 106 Å². The number of nitrogens with one attached hydrogen (secondary N) is 4. The van der Waals surface area contributed by atoms with Crippen LogP contribution in [0.3, 0.4) is 0 Å². The molecule has 2 atom stereocenters. The number of hydrogen-bond acceptors (Lipinski definition) is 7. The van der Waals surface area contributed by atoms with Crippen LogP contribution in [0.4, 0.5) is 5.69 Å². The zero-order chi connectivity index (χ0) is 23.3. The van der Waals surface area contributed by atoms with E-state index in [2.05, 4.69) is 26.8 Å². The van der Waals surface area contributed by atoms with E-state index in [4.69, 9.17) is 10.1 Å². The summed E-state index contributed by atoms with van der Waals surface area (Å²) in [6.45, 7) is 0. The molecule has 0 fully saturated rings. The number of aromatic nitrogens is 2. The summed E-state index contributed by atoms with van der Waals surface area (Å²) in [5.74, 6) is 0.509. The van der Waals surface area contributed by atoms with Crippen molar-refractivity contribution in [1.29, 1.82) is 5.41 Å². The summed E-state index contributed by atoms with van der Waals surface area (Å²) in [5.41, 5.74) is 6.40. The van der Waals surface area contributed by atoms with Gasteiger partial charge in [0.1, 0.15) is 11.8 Å². The minimum atomic E-state index is -0.647. The number of hydrogen-bond donors (Lipinski definition) is 4. The van der Waals surface area contributed by atoms with Gasteiger partial charge in [-0.15, -0.1) is 0 Å². The van der Waals surface area contributed by atoms with Gasteiger partial charge >= 0.3 is 0 Å². The fourth-order valence-corrected chi connectivity index (χ4v) is 3.88. The molecular weight excluding hydrogens is 428 g/mol. The second-order valence-electron chi connectivity index (χ2n) is 7.90. The summed E-state index contributed by atoms with van der Waals surface area (Å²) < 4.78 is 5.95. The first-order valence-electron chi connectivity index (χ1n) is 11.0. The molecule has 8 heteroatoms. The first-order valence-corrected chi connectivity index (χ1v) is 11.0. The summed E-state index contributed by atoms with van der Waals surface area (Å²) in [4.78, 5) is 20.3. The lowest BCUT2D eigenvalue weighted by Gasteiger charge is -2.33. The maximum atomic E-state index is 12.7. The molecule has 2 aliphatic rings. The van der Waals surface area contributed by atoms with Gasteiger partial charge < -0.3 is 20.4 Å². The number of hydrazine groups is 1. The van der Waals surface area contributed by atoms with Gasteiger partial charge in [0.2, 0.25) is 0 Å². The number of nitrogens with zero attached hydrogens (tertiary/aromatic N) is 2. The van der Waals surface area contributed by atoms with Crippen molar-refractivity contribution in [3.05, 3.63) is 96.9 Å². The van der Waals surface area contributed by atoms with Gasteiger partial charge in [0.25, 0.3) is 6.01 Å². The van der Waals surface area contributed by atoms with Crippen LogP contribution >= 0.6 is 0 Å². The standard InChI is InChI=1S/C26H24N6O2/c27-15-13-23(28-18-7-2-1-3-8-18)25-24(33)14-16-32(31-25)19-9-6-10-20(17-19)34-26-29-21-11-4-5-12-22(21)30-26/h1-7,9-18,25,27-28,31H,8H2,(H,29,30)/b23-13-,27-15?. The summed E-state index contributed by atoms with van der Waals surface area (Å²) in [6, 6.07) is 15.0. The number of ketones is 1. The van der Waals surface area contributed by atoms with Crippen LogP contribution in [0.2, 0.25) is 0 Å². The number of benzene rings is 2. The Bertz CT molecular complexity index is 1300. The molecule has 4 N–H and O–H groups in total. The third-order valence-corrected chi connectivity index (χ3v) is 5.53. The van der Waals surface area contributed by atoms with Gasteiger partial charge in [0, 0.05) is 36.3 Å². The van der Waals surface area contributed by atoms with Gasteiger partial charge in [-0.3, -0.25) is 9.80 Å². The molecule has 2 heterocycles. The lowest BCUT2D eigenvalue weighted by molar-refractivity contribution is -0.116. The molecule has 3 aromatic rings. The van der Waals surface area contributed by atoms with Crippen LogP contribution < -0.4 is 20.5 Å². The number of allylic oxidation sites excluding steroid dienone is 3. The summed E-state index contributed by atoms with van der Waals surface area (Å²) in [7, 11) is 0. The molecule has 0 amide bonds. The minimum Gasteiger partial charge on any atom is -0.426 e. The SMILES string of the molecule is N=C/C=C(\NC1C=CC=CC1)C1NN(c2cccc(Oc3nc4ccccc4[nH]3)c2)C=CC1=O. The average Bonchev–Trinajstić information content (AvgIpc) is 3.27. The van der Waals surface area contributed by atoms with Gasteiger partial charge in [-0.1, -0.05) is 42.5 Å². The number of ether oxygens (including phenoxy) is 1. The molecule has 8 nitrogen and oxygen atoms in total. The van der Waals surface area contributed by atoms with E-state index in [1.165, 1.54) is 12.3 Å². The van der Waals surface area contributed by atoms with Gasteiger partial charge in [0.15, 0.2) is 5.78 Å². The van der Waals surface area contributed by atoms with Crippen molar-refractivity contribution < 1.29 is 9.53 Å². The molecule has 0 radical (unpaired) electrons. The van der Waals surface area contributed by atoms with Crippen molar-refractivity contribution in [2.24, 2.45) is 0 Å². The van der Waals surface area contributed by atoms with Crippen molar-refractivity contribution in [3.8, 4) is 11.8 Å². The second-order valence-corrected chi connectivity index (χ2v) is 7.90. The monoisotopic (exact) mass is 452 g/mol. The molecule has 1 aliphatic heterocycles. The first-order chi connectivity index (χ1) is 16.7. The predicted molar refractivity (Wildman–Crippen MR) is 133 cm³/mol. The molecule has 2 aromatic carbocycles. The highest BCUT2D eigenvalue weighted by molar-refractivity contribution is 5.98. The van der Waals surface area contributed by atoms with Crippen molar-refractivity contribution in [3.63, 3.8) is 0 Å². The molecule has 5 rings (SSSR count). The number of carbonyl (C=O) groups excluding carboxylic acids is 1. The molecule has 2 unspecified atom stereocenters. The third-order valence-electron chi connectivity index (χ3n) is 5.53. The largest absolute Gasteiger partial charge is 0.426 e. The molecule has 1 aliphatic carbocycles. The Morgan fingerprint density at radius 3 is 2.94 bits per heavy atom. The Balaban J connectivity index is 1.34. The third kappa shape index (κ3) is 4.67. The highest BCUT2D eigenvalue weighted by atomic mass is 16.5. The fraction of sp³-hybridized carbons (Fsp3) is 0.115. The fourth-order valence-electron chi connectivity index (χ4n) is 3.88. The van der Waals surface area contributed by atoms with E-state index in [0.717, 1.165) is 23.1 Å². The molecule has 170 valence electrons. The zero-order valence-corrected chi connectivity index (χ0v) is 18.3. The number of carbonyl (C=O) groups is 1. The molecule has 34 heavy (non-hydrogen) atoms. The number of aromatic amines is 1. The Morgan fingerprint density at radius 2 is 2.12 bits per heavy atom. The molecule has 0 bridgehead atoms. The Hall–Kier alpha value is -4.43. The lowest BCUT2D eigenvalue weighted by atomic mass is 10.0. The molecule has 0 spiro atoms. The quantitative estimate of drug-likeness (QED) is 0.402. The number of para-hydroxylation sites is 2. The van der Waals surface area contributed by atoms with Gasteiger partial charge in [-0.25, -0.2) is 5.43 Å². The van der Waals surface area contributed by atoms with Crippen molar-refractivity contribution in [2.75, 3.05) is 5.01 Å². The van der Waals surface area contributed by atoms with Crippen LogP contribution in [0.15, 0.2) is 96.9 Å². The van der Waals surface area contributed by atoms with Gasteiger partial charge in [-0.2, -0.15) is 4.98 Å². The van der Waals surface area contributed by atoms with Crippen molar-refractivity contribution in [2.45, 2.75) is 18.5 Å². The van der Waals surface area contributed by atoms with E-state index in [-0.39, 0.29) is 11.8 Å². The Labute approximate surface area is 196 Å². The normalized spacial score (nSPS) is 20.1. The highest BCUT2D eigenvalue weighted by Gasteiger charge is 2.27. The summed E-state index contributed by atoms with van der Waals surface area (Å²) >= 11 is 0. The summed E-state index contributed by atoms with van der Waals surface area (Å²) in [6.07, 6.45) is 14.9. The molecule has 1 aromatic heterocycles. The zero-order valence-electron chi connectivity index (χ0n) is 18.3. The highest BCUT2D eigenvalue weighted by Crippen LogP contribution is 2.27. The van der Waals surface area contributed by atoms with Crippen molar-refractivity contribution >= 4 is 28.7 Å². The average molecular weight is 453 g/mol. The number of H-pyrrole nitrogens is 1.